The van der Waals surface area contributed by atoms with Crippen molar-refractivity contribution in [2.75, 3.05) is 6.61 Å². The monoisotopic (exact) mass is 527 g/mol. The first-order valence-electron chi connectivity index (χ1n) is 12.8. The van der Waals surface area contributed by atoms with Gasteiger partial charge < -0.3 is 13.7 Å². The molecule has 3 rings (SSSR count). The molecule has 3 aliphatic rings. The maximum Gasteiger partial charge on any atom is 0.472 e. The van der Waals surface area contributed by atoms with E-state index in [0.29, 0.717) is 18.4 Å². The molecule has 32 heavy (non-hydrogen) atoms. The number of rotatable bonds is 8. The van der Waals surface area contributed by atoms with E-state index >= 15 is 0 Å². The zero-order valence-corrected chi connectivity index (χ0v) is 23.3. The number of halogens is 1. The van der Waals surface area contributed by atoms with Crippen LogP contribution in [0.1, 0.15) is 85.0 Å². The second-order valence-corrected chi connectivity index (χ2v) is 17.5. The van der Waals surface area contributed by atoms with Crippen LogP contribution in [0, 0.1) is 11.8 Å². The van der Waals surface area contributed by atoms with Gasteiger partial charge in [-0.25, -0.2) is 0 Å². The van der Waals surface area contributed by atoms with Gasteiger partial charge in [0.15, 0.2) is 8.32 Å². The fraction of sp³-hybridized carbons (Fsp3) is 1.00. The zero-order chi connectivity index (χ0) is 23.4. The molecule has 4 atom stereocenters. The Hall–Kier alpha value is -0.0482. The molecule has 2 saturated carbocycles. The number of hydrogen-bond acceptors (Lipinski definition) is 4. The van der Waals surface area contributed by atoms with Crippen LogP contribution in [0.5, 0.6) is 0 Å². The van der Waals surface area contributed by atoms with Gasteiger partial charge in [-0.15, -0.1) is 0 Å². The fourth-order valence-corrected chi connectivity index (χ4v) is 6.81. The third-order valence-electron chi connectivity index (χ3n) is 8.38. The van der Waals surface area contributed by atoms with E-state index in [1.54, 1.807) is 0 Å². The predicted octanol–water partition coefficient (Wildman–Crippen LogP) is 7.42. The Kier molecular flexibility index (Phi) is 9.62. The maximum atomic E-state index is 9.24. The second-order valence-electron chi connectivity index (χ2n) is 11.7. The summed E-state index contributed by atoms with van der Waals surface area (Å²) in [6, 6.07) is -0.365. The van der Waals surface area contributed by atoms with Crippen molar-refractivity contribution >= 4 is 31.4 Å². The van der Waals surface area contributed by atoms with E-state index in [1.807, 2.05) is 0 Å². The summed E-state index contributed by atoms with van der Waals surface area (Å²) in [6.45, 7) is 11.5. The standard InChI is InChI=1S/C23H43BBrN3O3Si/c1-23(2,3)32(4,5)29-16-19(27-28-26)22(25)24-30-20(17-12-8-6-9-13-17)21(31-24)18-14-10-7-11-15-18/h17-22H,6-16H2,1-5H3/t19-,20+,21+,22+/m1/s1. The van der Waals surface area contributed by atoms with Crippen molar-refractivity contribution in [3.05, 3.63) is 10.4 Å². The van der Waals surface area contributed by atoms with Crippen molar-refractivity contribution in [3.8, 4) is 0 Å². The Morgan fingerprint density at radius 1 is 1.00 bits per heavy atom. The van der Waals surface area contributed by atoms with Crippen molar-refractivity contribution < 1.29 is 13.7 Å². The summed E-state index contributed by atoms with van der Waals surface area (Å²) in [6.07, 6.45) is 13.2. The summed E-state index contributed by atoms with van der Waals surface area (Å²) in [5, 5.41) is 4.21. The average molecular weight is 528 g/mol. The molecule has 0 amide bonds. The van der Waals surface area contributed by atoms with Crippen LogP contribution in [0.4, 0.5) is 0 Å². The molecule has 0 aromatic rings. The van der Waals surface area contributed by atoms with Crippen LogP contribution in [0.25, 0.3) is 10.4 Å². The van der Waals surface area contributed by atoms with E-state index in [9.17, 15) is 5.53 Å². The number of hydrogen-bond donors (Lipinski definition) is 0. The molecule has 6 nitrogen and oxygen atoms in total. The van der Waals surface area contributed by atoms with Gasteiger partial charge in [-0.3, -0.25) is 0 Å². The minimum atomic E-state index is -1.95. The highest BCUT2D eigenvalue weighted by molar-refractivity contribution is 9.10. The van der Waals surface area contributed by atoms with Gasteiger partial charge >= 0.3 is 7.12 Å². The van der Waals surface area contributed by atoms with Crippen LogP contribution in [-0.4, -0.2) is 45.0 Å². The predicted molar refractivity (Wildman–Crippen MR) is 137 cm³/mol. The highest BCUT2D eigenvalue weighted by Gasteiger charge is 2.51. The van der Waals surface area contributed by atoms with Gasteiger partial charge in [0.1, 0.15) is 0 Å². The Labute approximate surface area is 204 Å². The summed E-state index contributed by atoms with van der Waals surface area (Å²) >= 11 is 3.81. The Bertz CT molecular complexity index is 621. The molecule has 0 aromatic carbocycles. The quantitative estimate of drug-likeness (QED) is 0.108. The van der Waals surface area contributed by atoms with Crippen LogP contribution in [0.3, 0.4) is 0 Å². The van der Waals surface area contributed by atoms with Gasteiger partial charge in [0.2, 0.25) is 0 Å². The van der Waals surface area contributed by atoms with Gasteiger partial charge in [0, 0.05) is 11.5 Å². The molecule has 0 spiro atoms. The van der Waals surface area contributed by atoms with Crippen molar-refractivity contribution in [2.24, 2.45) is 17.0 Å². The maximum absolute atomic E-state index is 9.24. The van der Waals surface area contributed by atoms with Crippen LogP contribution in [0.2, 0.25) is 18.1 Å². The van der Waals surface area contributed by atoms with Crippen LogP contribution >= 0.6 is 15.9 Å². The largest absolute Gasteiger partial charge is 0.472 e. The number of alkyl halides is 1. The summed E-state index contributed by atoms with van der Waals surface area (Å²) < 4.78 is 19.5. The molecule has 2 aliphatic carbocycles. The first-order valence-corrected chi connectivity index (χ1v) is 16.6. The topological polar surface area (TPSA) is 76.5 Å². The molecule has 9 heteroatoms. The molecule has 1 saturated heterocycles. The van der Waals surface area contributed by atoms with Crippen molar-refractivity contribution in [1.29, 1.82) is 0 Å². The molecule has 3 fully saturated rings. The molecule has 0 unspecified atom stereocenters. The molecular formula is C23H43BBrN3O3Si. The molecule has 1 aliphatic heterocycles. The molecule has 0 bridgehead atoms. The second kappa shape index (κ2) is 11.6. The first kappa shape index (κ1) is 26.6. The lowest BCUT2D eigenvalue weighted by molar-refractivity contribution is 0.0324. The lowest BCUT2D eigenvalue weighted by Gasteiger charge is -2.37. The minimum absolute atomic E-state index is 0.105. The summed E-state index contributed by atoms with van der Waals surface area (Å²) in [5.41, 5.74) is 9.24. The van der Waals surface area contributed by atoms with Gasteiger partial charge in [0.25, 0.3) is 0 Å². The number of azide groups is 1. The van der Waals surface area contributed by atoms with Crippen molar-refractivity contribution in [2.45, 2.75) is 126 Å². The van der Waals surface area contributed by atoms with E-state index in [0.717, 1.165) is 0 Å². The van der Waals surface area contributed by atoms with Crippen molar-refractivity contribution in [3.63, 3.8) is 0 Å². The highest BCUT2D eigenvalue weighted by atomic mass is 79.9. The van der Waals surface area contributed by atoms with E-state index in [2.05, 4.69) is 59.8 Å². The third kappa shape index (κ3) is 6.54. The SMILES string of the molecule is CC(C)(C)[Si](C)(C)OC[C@@H](N=[N+]=[N-])[C@H](Br)B1O[C@@H](C2CCCCC2)[C@H](C2CCCCC2)O1. The zero-order valence-electron chi connectivity index (χ0n) is 20.8. The average Bonchev–Trinajstić information content (AvgIpc) is 3.22. The van der Waals surface area contributed by atoms with E-state index in [4.69, 9.17) is 13.7 Å². The lowest BCUT2D eigenvalue weighted by atomic mass is 9.77. The Morgan fingerprint density at radius 3 is 1.88 bits per heavy atom. The molecule has 0 aromatic heterocycles. The molecular weight excluding hydrogens is 485 g/mol. The summed E-state index contributed by atoms with van der Waals surface area (Å²) in [7, 11) is -2.34. The summed E-state index contributed by atoms with van der Waals surface area (Å²) in [4.78, 5) is 3.13. The first-order chi connectivity index (χ1) is 15.1. The smallest absolute Gasteiger partial charge is 0.416 e. The summed E-state index contributed by atoms with van der Waals surface area (Å²) in [5.74, 6) is 1.17. The van der Waals surface area contributed by atoms with Gasteiger partial charge in [-0.2, -0.15) is 0 Å². The van der Waals surface area contributed by atoms with Gasteiger partial charge in [0.05, 0.1) is 23.0 Å². The Balaban J connectivity index is 1.71. The van der Waals surface area contributed by atoms with Crippen LogP contribution in [0.15, 0.2) is 5.11 Å². The highest BCUT2D eigenvalue weighted by Crippen LogP contribution is 2.42. The third-order valence-corrected chi connectivity index (χ3v) is 13.9. The lowest BCUT2D eigenvalue weighted by Crippen LogP contribution is -2.46. The molecule has 182 valence electrons. The molecule has 0 N–H and O–H groups in total. The van der Waals surface area contributed by atoms with Crippen LogP contribution in [-0.2, 0) is 13.7 Å². The van der Waals surface area contributed by atoms with Crippen LogP contribution < -0.4 is 0 Å². The fourth-order valence-electron chi connectivity index (χ4n) is 5.28. The van der Waals surface area contributed by atoms with Gasteiger partial charge in [-0.05, 0) is 61.2 Å². The van der Waals surface area contributed by atoms with Gasteiger partial charge in [-0.1, -0.05) is 80.3 Å². The molecule has 0 radical (unpaired) electrons. The van der Waals surface area contributed by atoms with Crippen molar-refractivity contribution in [1.82, 2.24) is 0 Å². The van der Waals surface area contributed by atoms with E-state index in [1.165, 1.54) is 64.2 Å². The van der Waals surface area contributed by atoms with E-state index in [-0.39, 0.29) is 28.0 Å². The molecule has 1 heterocycles. The van der Waals surface area contributed by atoms with E-state index < -0.39 is 15.4 Å². The number of nitrogens with zero attached hydrogens (tertiary/aromatic N) is 3. The minimum Gasteiger partial charge on any atom is -0.416 e. The normalized spacial score (nSPS) is 28.4. The Morgan fingerprint density at radius 2 is 1.47 bits per heavy atom.